The molecule has 0 fully saturated rings. The van der Waals surface area contributed by atoms with Crippen LogP contribution in [-0.4, -0.2) is 23.3 Å². The second kappa shape index (κ2) is 8.51. The molecule has 4 heteroatoms. The number of ether oxygens (including phenoxy) is 1. The van der Waals surface area contributed by atoms with Crippen LogP contribution in [0.3, 0.4) is 0 Å². The second-order valence-corrected chi connectivity index (χ2v) is 6.10. The molecule has 130 valence electrons. The van der Waals surface area contributed by atoms with E-state index in [0.717, 1.165) is 24.4 Å². The molecule has 2 aromatic carbocycles. The van der Waals surface area contributed by atoms with Crippen molar-refractivity contribution in [3.05, 3.63) is 89.7 Å². The van der Waals surface area contributed by atoms with Crippen molar-refractivity contribution in [2.45, 2.75) is 19.2 Å². The van der Waals surface area contributed by atoms with E-state index in [-0.39, 0.29) is 0 Å². The summed E-state index contributed by atoms with van der Waals surface area (Å²) in [4.78, 5) is 0. The second-order valence-electron chi connectivity index (χ2n) is 6.10. The van der Waals surface area contributed by atoms with Gasteiger partial charge in [0.15, 0.2) is 0 Å². The van der Waals surface area contributed by atoms with E-state index in [0.29, 0.717) is 6.54 Å². The molecule has 0 spiro atoms. The van der Waals surface area contributed by atoms with Crippen LogP contribution < -0.4 is 10.1 Å². The normalized spacial score (nSPS) is 12.1. The lowest BCUT2D eigenvalue weighted by Gasteiger charge is -2.12. The van der Waals surface area contributed by atoms with E-state index in [9.17, 15) is 5.11 Å². The van der Waals surface area contributed by atoms with Gasteiger partial charge < -0.3 is 19.7 Å². The largest absolute Gasteiger partial charge is 0.497 e. The minimum Gasteiger partial charge on any atom is -0.497 e. The van der Waals surface area contributed by atoms with Crippen LogP contribution in [-0.2, 0) is 13.1 Å². The van der Waals surface area contributed by atoms with Crippen LogP contribution in [0.25, 0.3) is 0 Å². The Kier molecular flexibility index (Phi) is 5.88. The van der Waals surface area contributed by atoms with Crippen LogP contribution in [0.2, 0.25) is 0 Å². The average molecular weight is 336 g/mol. The van der Waals surface area contributed by atoms with E-state index in [4.69, 9.17) is 4.74 Å². The third kappa shape index (κ3) is 4.95. The van der Waals surface area contributed by atoms with E-state index in [1.54, 1.807) is 7.11 Å². The fourth-order valence-electron chi connectivity index (χ4n) is 2.78. The summed E-state index contributed by atoms with van der Waals surface area (Å²) in [5.41, 5.74) is 3.38. The van der Waals surface area contributed by atoms with E-state index >= 15 is 0 Å². The Morgan fingerprint density at radius 2 is 1.76 bits per heavy atom. The van der Waals surface area contributed by atoms with Gasteiger partial charge >= 0.3 is 0 Å². The Morgan fingerprint density at radius 3 is 2.48 bits per heavy atom. The van der Waals surface area contributed by atoms with Crippen molar-refractivity contribution in [1.29, 1.82) is 0 Å². The monoisotopic (exact) mass is 336 g/mol. The van der Waals surface area contributed by atoms with E-state index < -0.39 is 6.10 Å². The molecule has 3 rings (SSSR count). The number of aliphatic hydroxyl groups is 1. The fraction of sp³-hybridized carbons (Fsp3) is 0.238. The van der Waals surface area contributed by atoms with Gasteiger partial charge in [0.25, 0.3) is 0 Å². The van der Waals surface area contributed by atoms with E-state index in [1.807, 2.05) is 30.3 Å². The summed E-state index contributed by atoms with van der Waals surface area (Å²) in [6, 6.07) is 20.0. The summed E-state index contributed by atoms with van der Waals surface area (Å²) >= 11 is 0. The number of hydrogen-bond acceptors (Lipinski definition) is 3. The Hall–Kier alpha value is -2.56. The van der Waals surface area contributed by atoms with Gasteiger partial charge in [0.05, 0.1) is 13.2 Å². The molecule has 0 bridgehead atoms. The molecule has 0 radical (unpaired) electrons. The molecular weight excluding hydrogens is 312 g/mol. The lowest BCUT2D eigenvalue weighted by molar-refractivity contribution is 0.174. The van der Waals surface area contributed by atoms with Gasteiger partial charge in [-0.2, -0.15) is 0 Å². The molecule has 25 heavy (non-hydrogen) atoms. The summed E-state index contributed by atoms with van der Waals surface area (Å²) in [6.07, 6.45) is 3.70. The van der Waals surface area contributed by atoms with E-state index in [2.05, 4.69) is 52.6 Å². The lowest BCUT2D eigenvalue weighted by atomic mass is 10.1. The zero-order valence-corrected chi connectivity index (χ0v) is 14.4. The molecule has 2 N–H and O–H groups in total. The molecule has 0 aliphatic rings. The van der Waals surface area contributed by atoms with Crippen molar-refractivity contribution in [2.24, 2.45) is 0 Å². The smallest absolute Gasteiger partial charge is 0.118 e. The quantitative estimate of drug-likeness (QED) is 0.663. The van der Waals surface area contributed by atoms with Crippen molar-refractivity contribution in [3.8, 4) is 5.75 Å². The number of nitrogens with zero attached hydrogens (tertiary/aromatic N) is 1. The maximum atomic E-state index is 10.3. The average Bonchev–Trinajstić information content (AvgIpc) is 3.10. The van der Waals surface area contributed by atoms with Gasteiger partial charge in [-0.15, -0.1) is 0 Å². The minimum absolute atomic E-state index is 0.510. The van der Waals surface area contributed by atoms with Crippen molar-refractivity contribution in [3.63, 3.8) is 0 Å². The number of rotatable bonds is 8. The lowest BCUT2D eigenvalue weighted by Crippen LogP contribution is -2.20. The molecule has 1 aromatic heterocycles. The van der Waals surface area contributed by atoms with Gasteiger partial charge in [0.1, 0.15) is 5.75 Å². The van der Waals surface area contributed by atoms with E-state index in [1.165, 1.54) is 11.1 Å². The molecule has 0 aliphatic carbocycles. The topological polar surface area (TPSA) is 46.4 Å². The van der Waals surface area contributed by atoms with Gasteiger partial charge in [-0.1, -0.05) is 42.5 Å². The number of aliphatic hydroxyl groups excluding tert-OH is 1. The predicted octanol–water partition coefficient (Wildman–Crippen LogP) is 3.37. The zero-order chi connectivity index (χ0) is 17.5. The molecule has 0 aliphatic heterocycles. The zero-order valence-electron chi connectivity index (χ0n) is 14.4. The molecule has 0 saturated carbocycles. The molecule has 1 unspecified atom stereocenters. The predicted molar refractivity (Wildman–Crippen MR) is 99.6 cm³/mol. The van der Waals surface area contributed by atoms with Crippen LogP contribution in [0.15, 0.2) is 73.1 Å². The first-order chi connectivity index (χ1) is 12.2. The van der Waals surface area contributed by atoms with Crippen LogP contribution in [0.5, 0.6) is 5.75 Å². The van der Waals surface area contributed by atoms with Gasteiger partial charge in [0, 0.05) is 32.0 Å². The number of hydrogen-bond donors (Lipinski definition) is 2. The van der Waals surface area contributed by atoms with Gasteiger partial charge in [-0.05, 0) is 34.9 Å². The first-order valence-electron chi connectivity index (χ1n) is 8.46. The third-order valence-electron chi connectivity index (χ3n) is 4.19. The Morgan fingerprint density at radius 1 is 1.00 bits per heavy atom. The first-order valence-corrected chi connectivity index (χ1v) is 8.46. The summed E-state index contributed by atoms with van der Waals surface area (Å²) in [5.74, 6) is 0.795. The van der Waals surface area contributed by atoms with Crippen LogP contribution in [0.1, 0.15) is 22.8 Å². The Balaban J connectivity index is 1.47. The highest BCUT2D eigenvalue weighted by molar-refractivity contribution is 5.28. The Bertz CT molecular complexity index is 766. The molecule has 1 atom stereocenters. The van der Waals surface area contributed by atoms with Crippen LogP contribution >= 0.6 is 0 Å². The van der Waals surface area contributed by atoms with Crippen molar-refractivity contribution in [1.82, 2.24) is 9.88 Å². The molecular formula is C21H24N2O2. The number of methoxy groups -OCH3 is 1. The highest BCUT2D eigenvalue weighted by Crippen LogP contribution is 2.17. The summed E-state index contributed by atoms with van der Waals surface area (Å²) < 4.78 is 7.31. The van der Waals surface area contributed by atoms with Gasteiger partial charge in [0.2, 0.25) is 0 Å². The highest BCUT2D eigenvalue weighted by atomic mass is 16.5. The number of benzene rings is 2. The third-order valence-corrected chi connectivity index (χ3v) is 4.19. The Labute approximate surface area is 148 Å². The number of nitrogens with one attached hydrogen (secondary N) is 1. The molecule has 1 heterocycles. The molecule has 0 amide bonds. The van der Waals surface area contributed by atoms with Crippen LogP contribution in [0, 0.1) is 0 Å². The fourth-order valence-corrected chi connectivity index (χ4v) is 2.78. The maximum absolute atomic E-state index is 10.3. The first kappa shape index (κ1) is 17.3. The SMILES string of the molecule is COc1ccc(C(O)CNCc2ccn(Cc3ccccc3)c2)cc1. The summed E-state index contributed by atoms with van der Waals surface area (Å²) in [7, 11) is 1.64. The molecule has 3 aromatic rings. The van der Waals surface area contributed by atoms with Gasteiger partial charge in [-0.25, -0.2) is 0 Å². The molecule has 0 saturated heterocycles. The minimum atomic E-state index is -0.530. The summed E-state index contributed by atoms with van der Waals surface area (Å²) in [6.45, 7) is 2.11. The van der Waals surface area contributed by atoms with Gasteiger partial charge in [-0.3, -0.25) is 0 Å². The maximum Gasteiger partial charge on any atom is 0.118 e. The van der Waals surface area contributed by atoms with Crippen LogP contribution in [0.4, 0.5) is 0 Å². The number of aromatic nitrogens is 1. The molecule has 4 nitrogen and oxygen atoms in total. The summed E-state index contributed by atoms with van der Waals surface area (Å²) in [5, 5.41) is 13.6. The van der Waals surface area contributed by atoms with Crippen molar-refractivity contribution >= 4 is 0 Å². The van der Waals surface area contributed by atoms with Crippen molar-refractivity contribution < 1.29 is 9.84 Å². The van der Waals surface area contributed by atoms with Crippen molar-refractivity contribution in [2.75, 3.05) is 13.7 Å². The highest BCUT2D eigenvalue weighted by Gasteiger charge is 2.07. The standard InChI is InChI=1S/C21H24N2O2/c1-25-20-9-7-19(8-10-20)21(24)14-22-13-18-11-12-23(16-18)15-17-5-3-2-4-6-17/h2-12,16,21-22,24H,13-15H2,1H3.